The first-order chi connectivity index (χ1) is 10.2. The Hall–Kier alpha value is -1.84. The van der Waals surface area contributed by atoms with Crippen molar-refractivity contribution in [3.05, 3.63) is 23.8 Å². The topological polar surface area (TPSA) is 49.4 Å². The summed E-state index contributed by atoms with van der Waals surface area (Å²) >= 11 is 0. The van der Waals surface area contributed by atoms with Crippen LogP contribution in [0, 0.1) is 17.8 Å². The number of carbonyl (C=O) groups excluding carboxylic acids is 2. The summed E-state index contributed by atoms with van der Waals surface area (Å²) in [5.41, 5.74) is 3.09. The normalized spacial score (nSPS) is 30.5. The second kappa shape index (κ2) is 4.58. The fraction of sp³-hybridized carbons (Fsp3) is 0.529. The summed E-state index contributed by atoms with van der Waals surface area (Å²) in [7, 11) is 0. The Morgan fingerprint density at radius 2 is 1.90 bits per heavy atom. The minimum atomic E-state index is -0.0752. The zero-order valence-corrected chi connectivity index (χ0v) is 12.3. The molecule has 1 saturated carbocycles. The highest BCUT2D eigenvalue weighted by atomic mass is 16.2. The Bertz CT molecular complexity index is 601. The molecule has 2 heterocycles. The summed E-state index contributed by atoms with van der Waals surface area (Å²) in [6, 6.07) is 5.88. The van der Waals surface area contributed by atoms with E-state index in [1.54, 1.807) is 0 Å². The van der Waals surface area contributed by atoms with Gasteiger partial charge in [-0.1, -0.05) is 13.3 Å². The Kier molecular flexibility index (Phi) is 2.81. The Morgan fingerprint density at radius 1 is 1.19 bits per heavy atom. The van der Waals surface area contributed by atoms with Crippen molar-refractivity contribution in [2.45, 2.75) is 32.6 Å². The van der Waals surface area contributed by atoms with Gasteiger partial charge in [-0.25, -0.2) is 0 Å². The van der Waals surface area contributed by atoms with Crippen molar-refractivity contribution in [2.24, 2.45) is 17.8 Å². The Labute approximate surface area is 124 Å². The lowest BCUT2D eigenvalue weighted by Gasteiger charge is -2.18. The van der Waals surface area contributed by atoms with Crippen molar-refractivity contribution < 1.29 is 9.59 Å². The quantitative estimate of drug-likeness (QED) is 0.849. The number of imide groups is 1. The van der Waals surface area contributed by atoms with Crippen LogP contribution >= 0.6 is 0 Å². The van der Waals surface area contributed by atoms with E-state index < -0.39 is 0 Å². The van der Waals surface area contributed by atoms with Crippen LogP contribution in [0.3, 0.4) is 0 Å². The maximum Gasteiger partial charge on any atom is 0.237 e. The lowest BCUT2D eigenvalue weighted by atomic mass is 10.00. The molecule has 4 nitrogen and oxygen atoms in total. The van der Waals surface area contributed by atoms with Crippen molar-refractivity contribution in [1.29, 1.82) is 0 Å². The van der Waals surface area contributed by atoms with E-state index in [2.05, 4.69) is 12.2 Å². The average molecular weight is 284 g/mol. The second-order valence-corrected chi connectivity index (χ2v) is 6.49. The van der Waals surface area contributed by atoms with Gasteiger partial charge in [0.25, 0.3) is 0 Å². The van der Waals surface area contributed by atoms with Crippen molar-refractivity contribution >= 4 is 23.2 Å². The monoisotopic (exact) mass is 284 g/mol. The summed E-state index contributed by atoms with van der Waals surface area (Å²) in [6.45, 7) is 3.08. The fourth-order valence-electron chi connectivity index (χ4n) is 4.15. The molecule has 3 aliphatic rings. The lowest BCUT2D eigenvalue weighted by molar-refractivity contribution is -0.123. The van der Waals surface area contributed by atoms with Crippen LogP contribution in [0.4, 0.5) is 11.4 Å². The standard InChI is InChI=1S/C17H20N2O2/c1-2-10-7-13-14(8-10)17(21)19(16(13)20)12-3-4-15-11(9-12)5-6-18-15/h3-4,9-10,13-14,18H,2,5-8H2,1H3. The van der Waals surface area contributed by atoms with E-state index in [-0.39, 0.29) is 23.7 Å². The molecule has 21 heavy (non-hydrogen) atoms. The van der Waals surface area contributed by atoms with E-state index in [9.17, 15) is 9.59 Å². The SMILES string of the molecule is CCC1CC2C(=O)N(c3ccc4c(c3)CCN4)C(=O)C2C1. The summed E-state index contributed by atoms with van der Waals surface area (Å²) in [6.07, 6.45) is 3.80. The third kappa shape index (κ3) is 1.81. The van der Waals surface area contributed by atoms with Crippen LogP contribution in [0.15, 0.2) is 18.2 Å². The molecule has 1 aromatic carbocycles. The molecule has 2 fully saturated rings. The highest BCUT2D eigenvalue weighted by Crippen LogP contribution is 2.45. The molecule has 1 N–H and O–H groups in total. The molecule has 0 aromatic heterocycles. The van der Waals surface area contributed by atoms with Crippen LogP contribution in [0.2, 0.25) is 0 Å². The molecule has 0 spiro atoms. The molecular weight excluding hydrogens is 264 g/mol. The van der Waals surface area contributed by atoms with Crippen LogP contribution in [0.25, 0.3) is 0 Å². The summed E-state index contributed by atoms with van der Waals surface area (Å²) in [5.74, 6) is 0.431. The zero-order valence-electron chi connectivity index (χ0n) is 12.3. The lowest BCUT2D eigenvalue weighted by Crippen LogP contribution is -2.32. The third-order valence-electron chi connectivity index (χ3n) is 5.37. The molecule has 1 aromatic rings. The van der Waals surface area contributed by atoms with E-state index in [4.69, 9.17) is 0 Å². The Morgan fingerprint density at radius 3 is 2.57 bits per heavy atom. The third-order valence-corrected chi connectivity index (χ3v) is 5.37. The molecule has 4 heteroatoms. The van der Waals surface area contributed by atoms with Gasteiger partial charge in [0.1, 0.15) is 0 Å². The molecule has 2 unspecified atom stereocenters. The van der Waals surface area contributed by atoms with E-state index in [1.807, 2.05) is 18.2 Å². The molecule has 1 saturated heterocycles. The molecular formula is C17H20N2O2. The number of benzene rings is 1. The fourth-order valence-corrected chi connectivity index (χ4v) is 4.15. The van der Waals surface area contributed by atoms with E-state index in [0.717, 1.165) is 43.6 Å². The molecule has 1 aliphatic carbocycles. The maximum absolute atomic E-state index is 12.6. The van der Waals surface area contributed by atoms with Crippen LogP contribution in [-0.4, -0.2) is 18.4 Å². The van der Waals surface area contributed by atoms with Crippen molar-refractivity contribution in [3.63, 3.8) is 0 Å². The molecule has 0 bridgehead atoms. The molecule has 2 amide bonds. The minimum Gasteiger partial charge on any atom is -0.384 e. The van der Waals surface area contributed by atoms with Gasteiger partial charge >= 0.3 is 0 Å². The number of fused-ring (bicyclic) bond motifs is 2. The molecule has 2 atom stereocenters. The van der Waals surface area contributed by atoms with Crippen LogP contribution in [-0.2, 0) is 16.0 Å². The zero-order chi connectivity index (χ0) is 14.6. The molecule has 0 radical (unpaired) electrons. The summed E-state index contributed by atoms with van der Waals surface area (Å²) < 4.78 is 0. The van der Waals surface area contributed by atoms with Crippen LogP contribution in [0.5, 0.6) is 0 Å². The number of rotatable bonds is 2. The Balaban J connectivity index is 1.65. The predicted octanol–water partition coefficient (Wildman–Crippen LogP) is 2.58. The van der Waals surface area contributed by atoms with Gasteiger partial charge in [0.05, 0.1) is 17.5 Å². The maximum atomic E-state index is 12.6. The van der Waals surface area contributed by atoms with E-state index in [1.165, 1.54) is 10.5 Å². The van der Waals surface area contributed by atoms with Gasteiger partial charge in [-0.05, 0) is 48.9 Å². The average Bonchev–Trinajstić information content (AvgIpc) is 3.16. The van der Waals surface area contributed by atoms with Crippen LogP contribution < -0.4 is 10.2 Å². The van der Waals surface area contributed by atoms with Gasteiger partial charge in [-0.15, -0.1) is 0 Å². The van der Waals surface area contributed by atoms with Crippen molar-refractivity contribution in [1.82, 2.24) is 0 Å². The van der Waals surface area contributed by atoms with E-state index >= 15 is 0 Å². The first-order valence-electron chi connectivity index (χ1n) is 7.93. The van der Waals surface area contributed by atoms with E-state index in [0.29, 0.717) is 5.92 Å². The van der Waals surface area contributed by atoms with Crippen molar-refractivity contribution in [2.75, 3.05) is 16.8 Å². The molecule has 4 rings (SSSR count). The van der Waals surface area contributed by atoms with Gasteiger partial charge in [-0.2, -0.15) is 0 Å². The first kappa shape index (κ1) is 12.9. The second-order valence-electron chi connectivity index (χ2n) is 6.49. The largest absolute Gasteiger partial charge is 0.384 e. The minimum absolute atomic E-state index is 0.0202. The smallest absolute Gasteiger partial charge is 0.237 e. The number of anilines is 2. The number of nitrogens with zero attached hydrogens (tertiary/aromatic N) is 1. The summed E-state index contributed by atoms with van der Waals surface area (Å²) in [5, 5.41) is 3.31. The number of nitrogens with one attached hydrogen (secondary N) is 1. The van der Waals surface area contributed by atoms with Gasteiger partial charge in [0.15, 0.2) is 0 Å². The highest BCUT2D eigenvalue weighted by molar-refractivity contribution is 6.22. The summed E-state index contributed by atoms with van der Waals surface area (Å²) in [4.78, 5) is 26.7. The van der Waals surface area contributed by atoms with Gasteiger partial charge in [0.2, 0.25) is 11.8 Å². The molecule has 2 aliphatic heterocycles. The molecule has 110 valence electrons. The first-order valence-corrected chi connectivity index (χ1v) is 7.93. The number of carbonyl (C=O) groups is 2. The number of hydrogen-bond donors (Lipinski definition) is 1. The van der Waals surface area contributed by atoms with Gasteiger partial charge in [-0.3, -0.25) is 14.5 Å². The number of hydrogen-bond acceptors (Lipinski definition) is 3. The van der Waals surface area contributed by atoms with Gasteiger partial charge < -0.3 is 5.32 Å². The van der Waals surface area contributed by atoms with Gasteiger partial charge in [0, 0.05) is 12.2 Å². The van der Waals surface area contributed by atoms with Crippen molar-refractivity contribution in [3.8, 4) is 0 Å². The predicted molar refractivity (Wildman–Crippen MR) is 81.1 cm³/mol. The number of amides is 2. The highest BCUT2D eigenvalue weighted by Gasteiger charge is 2.52. The van der Waals surface area contributed by atoms with Crippen LogP contribution in [0.1, 0.15) is 31.7 Å².